The molecule has 182 valence electrons. The molecule has 2 heterocycles. The van der Waals surface area contributed by atoms with Crippen LogP contribution in [0.2, 0.25) is 0 Å². The predicted octanol–water partition coefficient (Wildman–Crippen LogP) is 5.68. The van der Waals surface area contributed by atoms with Gasteiger partial charge < -0.3 is 14.8 Å². The number of nitrogens with one attached hydrogen (secondary N) is 2. The van der Waals surface area contributed by atoms with Crippen molar-refractivity contribution in [1.29, 1.82) is 0 Å². The zero-order valence-electron chi connectivity index (χ0n) is 20.6. The van der Waals surface area contributed by atoms with Crippen molar-refractivity contribution in [2.24, 2.45) is 4.99 Å². The molecular formula is C28H29N6O2+. The molecule has 0 spiro atoms. The monoisotopic (exact) mass is 481 g/mol. The Morgan fingerprint density at radius 2 is 1.67 bits per heavy atom. The average Bonchev–Trinajstić information content (AvgIpc) is 3.32. The lowest BCUT2D eigenvalue weighted by Gasteiger charge is -2.29. The Morgan fingerprint density at radius 3 is 2.47 bits per heavy atom. The first kappa shape index (κ1) is 23.5. The number of fused-ring (bicyclic) bond motifs is 1. The van der Waals surface area contributed by atoms with E-state index in [0.29, 0.717) is 24.0 Å². The van der Waals surface area contributed by atoms with E-state index in [9.17, 15) is 0 Å². The second-order valence-corrected chi connectivity index (χ2v) is 8.50. The number of rotatable bonds is 9. The summed E-state index contributed by atoms with van der Waals surface area (Å²) in [7, 11) is 3.27. The van der Waals surface area contributed by atoms with Crippen LogP contribution in [0, 0.1) is 0 Å². The third-order valence-electron chi connectivity index (χ3n) is 6.26. The molecule has 0 saturated heterocycles. The molecule has 2 atom stereocenters. The Hall–Kier alpha value is -4.27. The summed E-state index contributed by atoms with van der Waals surface area (Å²) < 4.78 is 11.0. The minimum atomic E-state index is 0.0501. The quantitative estimate of drug-likeness (QED) is 0.299. The number of hydrogen-bond donors (Lipinski definition) is 2. The highest BCUT2D eigenvalue weighted by molar-refractivity contribution is 5.93. The second kappa shape index (κ2) is 10.2. The van der Waals surface area contributed by atoms with Gasteiger partial charge in [-0.3, -0.25) is 0 Å². The maximum absolute atomic E-state index is 5.49. The van der Waals surface area contributed by atoms with E-state index in [1.807, 2.05) is 67.0 Å². The Kier molecular flexibility index (Phi) is 6.62. The summed E-state index contributed by atoms with van der Waals surface area (Å²) in [6.45, 7) is 2.63. The number of quaternary nitrogens is 1. The van der Waals surface area contributed by atoms with E-state index in [1.54, 1.807) is 20.4 Å². The zero-order chi connectivity index (χ0) is 25.0. The van der Waals surface area contributed by atoms with Gasteiger partial charge in [0.1, 0.15) is 5.69 Å². The van der Waals surface area contributed by atoms with Gasteiger partial charge in [0.15, 0.2) is 17.2 Å². The standard InChI is InChI=1S/C28H29N6O2/c1-20(22-9-5-4-6-10-22)32-28-29-16-15-27(33-28)34(19-30-23-11-7-8-12-24(23)34)31-18-21-13-14-25(35-2)26(17-21)36-3/h4-17,19-20,31H,18H2,1-3H3,(H,29,32,33)/q+1. The van der Waals surface area contributed by atoms with Crippen molar-refractivity contribution < 1.29 is 9.47 Å². The molecule has 3 aromatic carbocycles. The van der Waals surface area contributed by atoms with Gasteiger partial charge in [0.05, 0.1) is 26.8 Å². The average molecular weight is 482 g/mol. The van der Waals surface area contributed by atoms with Gasteiger partial charge >= 0.3 is 0 Å². The van der Waals surface area contributed by atoms with Crippen LogP contribution in [-0.4, -0.2) is 30.5 Å². The minimum Gasteiger partial charge on any atom is -0.493 e. The highest BCUT2D eigenvalue weighted by Crippen LogP contribution is 2.42. The van der Waals surface area contributed by atoms with Gasteiger partial charge in [0.25, 0.3) is 5.82 Å². The summed E-state index contributed by atoms with van der Waals surface area (Å²) in [4.78, 5) is 14.1. The number of aromatic nitrogens is 2. The first-order chi connectivity index (χ1) is 17.6. The summed E-state index contributed by atoms with van der Waals surface area (Å²) in [6.07, 6.45) is 3.65. The van der Waals surface area contributed by atoms with Crippen LogP contribution in [0.15, 0.2) is 90.1 Å². The van der Waals surface area contributed by atoms with Crippen LogP contribution in [0.3, 0.4) is 0 Å². The SMILES string of the molecule is COc1ccc(CN[N+]2(c3ccnc(NC(C)c4ccccc4)n3)C=Nc3ccccc32)cc1OC. The number of aliphatic imine (C=N–C) groups is 1. The molecule has 0 radical (unpaired) electrons. The fourth-order valence-corrected chi connectivity index (χ4v) is 4.31. The number of benzene rings is 3. The molecule has 2 unspecified atom stereocenters. The fourth-order valence-electron chi connectivity index (χ4n) is 4.31. The van der Waals surface area contributed by atoms with E-state index >= 15 is 0 Å². The summed E-state index contributed by atoms with van der Waals surface area (Å²) in [5.74, 6) is 2.67. The minimum absolute atomic E-state index is 0.0501. The summed E-state index contributed by atoms with van der Waals surface area (Å²) >= 11 is 0. The van der Waals surface area contributed by atoms with Crippen LogP contribution in [0.4, 0.5) is 23.1 Å². The molecule has 2 N–H and O–H groups in total. The molecule has 1 aliphatic rings. The van der Waals surface area contributed by atoms with E-state index in [4.69, 9.17) is 19.5 Å². The van der Waals surface area contributed by atoms with E-state index in [-0.39, 0.29) is 10.6 Å². The molecular weight excluding hydrogens is 452 g/mol. The molecule has 8 heteroatoms. The van der Waals surface area contributed by atoms with E-state index < -0.39 is 0 Å². The fraction of sp³-hybridized carbons (Fsp3) is 0.179. The highest BCUT2D eigenvalue weighted by atomic mass is 16.5. The lowest BCUT2D eigenvalue weighted by molar-refractivity contribution is 0.353. The second-order valence-electron chi connectivity index (χ2n) is 8.50. The number of hydrogen-bond acceptors (Lipinski definition) is 7. The van der Waals surface area contributed by atoms with E-state index in [1.165, 1.54) is 0 Å². The van der Waals surface area contributed by atoms with Crippen LogP contribution in [-0.2, 0) is 6.54 Å². The molecule has 5 rings (SSSR count). The molecule has 8 nitrogen and oxygen atoms in total. The molecule has 0 bridgehead atoms. The third-order valence-corrected chi connectivity index (χ3v) is 6.26. The number of methoxy groups -OCH3 is 2. The van der Waals surface area contributed by atoms with Crippen LogP contribution >= 0.6 is 0 Å². The molecule has 36 heavy (non-hydrogen) atoms. The zero-order valence-corrected chi connectivity index (χ0v) is 20.6. The van der Waals surface area contributed by atoms with Gasteiger partial charge in [0, 0.05) is 18.3 Å². The maximum Gasteiger partial charge on any atom is 0.263 e. The molecule has 1 aromatic heterocycles. The summed E-state index contributed by atoms with van der Waals surface area (Å²) in [5.41, 5.74) is 7.73. The lowest BCUT2D eigenvalue weighted by atomic mass is 10.1. The van der Waals surface area contributed by atoms with Crippen molar-refractivity contribution in [3.63, 3.8) is 0 Å². The van der Waals surface area contributed by atoms with Crippen LogP contribution in [0.1, 0.15) is 24.1 Å². The number of ether oxygens (including phenoxy) is 2. The Morgan fingerprint density at radius 1 is 0.889 bits per heavy atom. The predicted molar refractivity (Wildman–Crippen MR) is 143 cm³/mol. The normalized spacial score (nSPS) is 16.9. The van der Waals surface area contributed by atoms with E-state index in [2.05, 4.69) is 40.8 Å². The summed E-state index contributed by atoms with van der Waals surface area (Å²) in [6, 6.07) is 26.1. The topological polar surface area (TPSA) is 80.7 Å². The maximum atomic E-state index is 5.49. The first-order valence-corrected chi connectivity index (χ1v) is 11.8. The van der Waals surface area contributed by atoms with Crippen LogP contribution in [0.25, 0.3) is 0 Å². The first-order valence-electron chi connectivity index (χ1n) is 11.8. The Balaban J connectivity index is 1.47. The molecule has 0 amide bonds. The summed E-state index contributed by atoms with van der Waals surface area (Å²) in [5, 5.41) is 3.43. The Labute approximate surface area is 210 Å². The Bertz CT molecular complexity index is 1380. The van der Waals surface area contributed by atoms with Gasteiger partial charge in [-0.2, -0.15) is 9.98 Å². The van der Waals surface area contributed by atoms with Crippen LogP contribution < -0.4 is 24.8 Å². The smallest absolute Gasteiger partial charge is 0.263 e. The number of nitrogens with zero attached hydrogens (tertiary/aromatic N) is 4. The van der Waals surface area contributed by atoms with Crippen molar-refractivity contribution in [1.82, 2.24) is 20.0 Å². The highest BCUT2D eigenvalue weighted by Gasteiger charge is 2.41. The van der Waals surface area contributed by atoms with Crippen molar-refractivity contribution in [2.75, 3.05) is 19.5 Å². The molecule has 1 aliphatic heterocycles. The van der Waals surface area contributed by atoms with E-state index in [0.717, 1.165) is 28.3 Å². The number of para-hydroxylation sites is 2. The van der Waals surface area contributed by atoms with Gasteiger partial charge in [0.2, 0.25) is 12.3 Å². The van der Waals surface area contributed by atoms with Crippen molar-refractivity contribution >= 4 is 29.5 Å². The molecule has 4 aromatic rings. The molecule has 0 saturated carbocycles. The van der Waals surface area contributed by atoms with Gasteiger partial charge in [-0.05, 0) is 36.2 Å². The van der Waals surface area contributed by atoms with Crippen molar-refractivity contribution in [3.05, 3.63) is 96.2 Å². The largest absolute Gasteiger partial charge is 0.493 e. The van der Waals surface area contributed by atoms with Crippen LogP contribution in [0.5, 0.6) is 11.5 Å². The lowest BCUT2D eigenvalue weighted by Crippen LogP contribution is -2.53. The van der Waals surface area contributed by atoms with Crippen molar-refractivity contribution in [2.45, 2.75) is 19.5 Å². The molecule has 0 fully saturated rings. The van der Waals surface area contributed by atoms with Crippen molar-refractivity contribution in [3.8, 4) is 11.5 Å². The third kappa shape index (κ3) is 4.51. The van der Waals surface area contributed by atoms with Gasteiger partial charge in [-0.15, -0.1) is 10.0 Å². The number of anilines is 1. The molecule has 0 aliphatic carbocycles. The van der Waals surface area contributed by atoms with Gasteiger partial charge in [-0.1, -0.05) is 48.5 Å². The van der Waals surface area contributed by atoms with Gasteiger partial charge in [-0.25, -0.2) is 4.98 Å².